The minimum absolute atomic E-state index is 0.0514. The van der Waals surface area contributed by atoms with Crippen molar-refractivity contribution in [3.8, 4) is 0 Å². The third kappa shape index (κ3) is 13.1. The molecule has 0 unspecified atom stereocenters. The average Bonchev–Trinajstić information content (AvgIpc) is 3.71. The highest BCUT2D eigenvalue weighted by molar-refractivity contribution is 5.90. The molecule has 0 radical (unpaired) electrons. The summed E-state index contributed by atoms with van der Waals surface area (Å²) >= 11 is 0. The molecule has 2 fully saturated rings. The Kier molecular flexibility index (Phi) is 16.9. The van der Waals surface area contributed by atoms with Gasteiger partial charge in [0.05, 0.1) is 36.6 Å². The summed E-state index contributed by atoms with van der Waals surface area (Å²) in [5.41, 5.74) is 0.858. The Hall–Kier alpha value is -0.950. The first-order valence-corrected chi connectivity index (χ1v) is 17.6. The van der Waals surface area contributed by atoms with Crippen LogP contribution in [-0.4, -0.2) is 58.9 Å². The van der Waals surface area contributed by atoms with Crippen LogP contribution in [0.2, 0.25) is 0 Å². The number of aliphatic hydroxyl groups excluding tert-OH is 2. The van der Waals surface area contributed by atoms with Crippen molar-refractivity contribution in [2.75, 3.05) is 0 Å². The topological polar surface area (TPSA) is 85.2 Å². The van der Waals surface area contributed by atoms with Crippen molar-refractivity contribution in [2.45, 2.75) is 204 Å². The molecule has 0 aliphatic carbocycles. The molecule has 3 aliphatic rings. The zero-order valence-corrected chi connectivity index (χ0v) is 26.4. The van der Waals surface area contributed by atoms with Crippen molar-refractivity contribution in [2.24, 2.45) is 0 Å². The van der Waals surface area contributed by atoms with E-state index in [0.29, 0.717) is 0 Å². The zero-order valence-electron chi connectivity index (χ0n) is 26.4. The SMILES string of the molecule is CCCCCCCCCC[C@H](O)[C@H]1CC[C@@H]([C@@H]2CC[C@H]([C@H](O)CCCCCCCCCCC3=C[C@H](C)OC3=O)O2)O1. The Morgan fingerprint density at radius 3 is 1.56 bits per heavy atom. The molecule has 0 aromatic heterocycles. The highest BCUT2D eigenvalue weighted by Gasteiger charge is 2.40. The molecular formula is C35H62O6. The van der Waals surface area contributed by atoms with E-state index in [1.54, 1.807) is 0 Å². The zero-order chi connectivity index (χ0) is 29.3. The molecule has 3 aliphatic heterocycles. The van der Waals surface area contributed by atoms with Gasteiger partial charge in [0.25, 0.3) is 0 Å². The quantitative estimate of drug-likeness (QED) is 0.0941. The van der Waals surface area contributed by atoms with Crippen LogP contribution in [0.5, 0.6) is 0 Å². The third-order valence-corrected chi connectivity index (χ3v) is 9.48. The fourth-order valence-electron chi connectivity index (χ4n) is 6.90. The predicted octanol–water partition coefficient (Wildman–Crippen LogP) is 8.11. The van der Waals surface area contributed by atoms with Crippen LogP contribution >= 0.6 is 0 Å². The number of cyclic esters (lactones) is 1. The highest BCUT2D eigenvalue weighted by Crippen LogP contribution is 2.34. The Morgan fingerprint density at radius 2 is 1.12 bits per heavy atom. The van der Waals surface area contributed by atoms with Crippen LogP contribution in [-0.2, 0) is 19.0 Å². The van der Waals surface area contributed by atoms with Crippen molar-refractivity contribution in [3.05, 3.63) is 11.6 Å². The van der Waals surface area contributed by atoms with Gasteiger partial charge in [-0.3, -0.25) is 0 Å². The molecule has 0 saturated carbocycles. The molecule has 3 heterocycles. The molecule has 41 heavy (non-hydrogen) atoms. The predicted molar refractivity (Wildman–Crippen MR) is 165 cm³/mol. The first-order valence-electron chi connectivity index (χ1n) is 17.6. The largest absolute Gasteiger partial charge is 0.455 e. The van der Waals surface area contributed by atoms with Gasteiger partial charge in [-0.25, -0.2) is 4.79 Å². The molecule has 2 N–H and O–H groups in total. The standard InChI is InChI=1S/C35H62O6/c1-3-4-5-6-7-11-14-17-20-29(36)31-22-24-33(40-31)34-25-23-32(41-34)30(37)21-18-15-12-9-8-10-13-16-19-28-26-27(2)39-35(28)38/h26-27,29-34,36-37H,3-25H2,1-2H3/t27-,29-,30+,31+,32+,33-,34-/m0/s1. The normalized spacial score (nSPS) is 27.8. The second kappa shape index (κ2) is 20.1. The molecule has 2 saturated heterocycles. The maximum absolute atomic E-state index is 11.6. The van der Waals surface area contributed by atoms with Crippen LogP contribution in [0.1, 0.15) is 162 Å². The maximum Gasteiger partial charge on any atom is 0.334 e. The van der Waals surface area contributed by atoms with E-state index in [-0.39, 0.29) is 48.7 Å². The van der Waals surface area contributed by atoms with Crippen molar-refractivity contribution in [3.63, 3.8) is 0 Å². The smallest absolute Gasteiger partial charge is 0.334 e. The summed E-state index contributed by atoms with van der Waals surface area (Å²) in [6.07, 6.45) is 27.0. The number of esters is 1. The van der Waals surface area contributed by atoms with Gasteiger partial charge in [-0.1, -0.05) is 103 Å². The minimum atomic E-state index is -0.385. The van der Waals surface area contributed by atoms with Crippen molar-refractivity contribution >= 4 is 5.97 Å². The van der Waals surface area contributed by atoms with Gasteiger partial charge in [0.2, 0.25) is 0 Å². The van der Waals surface area contributed by atoms with Gasteiger partial charge in [0.1, 0.15) is 6.10 Å². The molecule has 0 aromatic rings. The number of hydrogen-bond donors (Lipinski definition) is 2. The second-order valence-electron chi connectivity index (χ2n) is 13.1. The van der Waals surface area contributed by atoms with E-state index in [4.69, 9.17) is 14.2 Å². The van der Waals surface area contributed by atoms with E-state index in [9.17, 15) is 15.0 Å². The molecule has 0 amide bonds. The number of carbonyl (C=O) groups is 1. The third-order valence-electron chi connectivity index (χ3n) is 9.48. The van der Waals surface area contributed by atoms with Crippen LogP contribution in [0.3, 0.4) is 0 Å². The Balaban J connectivity index is 1.14. The Bertz CT molecular complexity index is 738. The first-order chi connectivity index (χ1) is 20.0. The number of carbonyl (C=O) groups excluding carboxylic acids is 1. The van der Waals surface area contributed by atoms with Crippen LogP contribution in [0.25, 0.3) is 0 Å². The molecular weight excluding hydrogens is 516 g/mol. The summed E-state index contributed by atoms with van der Waals surface area (Å²) in [5, 5.41) is 21.4. The van der Waals surface area contributed by atoms with Gasteiger partial charge in [-0.15, -0.1) is 0 Å². The molecule has 0 spiro atoms. The van der Waals surface area contributed by atoms with E-state index < -0.39 is 0 Å². The van der Waals surface area contributed by atoms with Crippen molar-refractivity contribution in [1.29, 1.82) is 0 Å². The van der Waals surface area contributed by atoms with Gasteiger partial charge in [0.15, 0.2) is 0 Å². The van der Waals surface area contributed by atoms with Crippen molar-refractivity contribution in [1.82, 2.24) is 0 Å². The molecule has 238 valence electrons. The van der Waals surface area contributed by atoms with E-state index in [2.05, 4.69) is 6.92 Å². The molecule has 6 nitrogen and oxygen atoms in total. The van der Waals surface area contributed by atoms with Gasteiger partial charge >= 0.3 is 5.97 Å². The van der Waals surface area contributed by atoms with Crippen LogP contribution in [0.15, 0.2) is 11.6 Å². The fraction of sp³-hybridized carbons (Fsp3) is 0.914. The van der Waals surface area contributed by atoms with E-state index in [1.165, 1.54) is 77.0 Å². The lowest BCUT2D eigenvalue weighted by Crippen LogP contribution is -2.33. The molecule has 3 rings (SSSR count). The molecule has 0 bridgehead atoms. The second-order valence-corrected chi connectivity index (χ2v) is 13.1. The lowest BCUT2D eigenvalue weighted by atomic mass is 10.0. The average molecular weight is 579 g/mol. The van der Waals surface area contributed by atoms with Gasteiger partial charge < -0.3 is 24.4 Å². The number of ether oxygens (including phenoxy) is 3. The van der Waals surface area contributed by atoms with Crippen LogP contribution < -0.4 is 0 Å². The maximum atomic E-state index is 11.6. The Morgan fingerprint density at radius 1 is 0.683 bits per heavy atom. The monoisotopic (exact) mass is 578 g/mol. The summed E-state index contributed by atoms with van der Waals surface area (Å²) in [6, 6.07) is 0. The molecule has 7 atom stereocenters. The number of rotatable bonds is 23. The minimum Gasteiger partial charge on any atom is -0.455 e. The fourth-order valence-corrected chi connectivity index (χ4v) is 6.90. The van der Waals surface area contributed by atoms with Gasteiger partial charge in [0, 0.05) is 5.57 Å². The lowest BCUT2D eigenvalue weighted by Gasteiger charge is -2.24. The number of hydrogen-bond acceptors (Lipinski definition) is 6. The van der Waals surface area contributed by atoms with Gasteiger partial charge in [-0.2, -0.15) is 0 Å². The Labute approximate surface area is 251 Å². The number of unbranched alkanes of at least 4 members (excludes halogenated alkanes) is 14. The van der Waals surface area contributed by atoms with Crippen LogP contribution in [0, 0.1) is 0 Å². The lowest BCUT2D eigenvalue weighted by molar-refractivity contribution is -0.139. The van der Waals surface area contributed by atoms with Crippen molar-refractivity contribution < 1.29 is 29.2 Å². The summed E-state index contributed by atoms with van der Waals surface area (Å²) in [5.74, 6) is -0.127. The van der Waals surface area contributed by atoms with E-state index in [1.807, 2.05) is 13.0 Å². The first kappa shape index (κ1) is 34.5. The highest BCUT2D eigenvalue weighted by atomic mass is 16.6. The van der Waals surface area contributed by atoms with E-state index in [0.717, 1.165) is 76.2 Å². The van der Waals surface area contributed by atoms with E-state index >= 15 is 0 Å². The summed E-state index contributed by atoms with van der Waals surface area (Å²) in [7, 11) is 0. The summed E-state index contributed by atoms with van der Waals surface area (Å²) < 4.78 is 17.7. The molecule has 0 aromatic carbocycles. The number of aliphatic hydroxyl groups is 2. The summed E-state index contributed by atoms with van der Waals surface area (Å²) in [4.78, 5) is 11.6. The summed E-state index contributed by atoms with van der Waals surface area (Å²) in [6.45, 7) is 4.17. The van der Waals surface area contributed by atoms with Gasteiger partial charge in [-0.05, 0) is 64.4 Å². The van der Waals surface area contributed by atoms with Crippen LogP contribution in [0.4, 0.5) is 0 Å². The molecule has 6 heteroatoms.